The van der Waals surface area contributed by atoms with E-state index in [1.165, 1.54) is 0 Å². The van der Waals surface area contributed by atoms with Crippen molar-refractivity contribution in [2.24, 2.45) is 5.73 Å². The topological polar surface area (TPSA) is 65.2 Å². The number of carbonyl (C=O) groups excluding carboxylic acids is 1. The van der Waals surface area contributed by atoms with Crippen molar-refractivity contribution in [3.05, 3.63) is 24.4 Å². The van der Waals surface area contributed by atoms with E-state index in [4.69, 9.17) is 10.5 Å². The van der Waals surface area contributed by atoms with Crippen molar-refractivity contribution in [2.75, 3.05) is 0 Å². The minimum atomic E-state index is -0.619. The van der Waals surface area contributed by atoms with Crippen LogP contribution in [0.1, 0.15) is 6.92 Å². The summed E-state index contributed by atoms with van der Waals surface area (Å²) in [6.07, 6.45) is 1.55. The quantitative estimate of drug-likeness (QED) is 0.643. The number of aromatic nitrogens is 1. The molecule has 0 aliphatic carbocycles. The van der Waals surface area contributed by atoms with Crippen molar-refractivity contribution in [2.45, 2.75) is 13.0 Å². The number of hydrogen-bond donors (Lipinski definition) is 1. The van der Waals surface area contributed by atoms with Crippen LogP contribution >= 0.6 is 0 Å². The van der Waals surface area contributed by atoms with Gasteiger partial charge in [-0.05, 0) is 13.0 Å². The van der Waals surface area contributed by atoms with E-state index in [0.717, 1.165) is 0 Å². The van der Waals surface area contributed by atoms with Gasteiger partial charge in [0.1, 0.15) is 6.04 Å². The van der Waals surface area contributed by atoms with Crippen LogP contribution in [0, 0.1) is 0 Å². The molecule has 12 heavy (non-hydrogen) atoms. The van der Waals surface area contributed by atoms with Crippen molar-refractivity contribution in [1.82, 2.24) is 4.98 Å². The third-order valence-corrected chi connectivity index (χ3v) is 1.21. The summed E-state index contributed by atoms with van der Waals surface area (Å²) in [5.74, 6) is -0.200. The molecule has 1 atom stereocenters. The second kappa shape index (κ2) is 3.82. The molecule has 0 fully saturated rings. The fourth-order valence-corrected chi connectivity index (χ4v) is 0.603. The highest BCUT2D eigenvalue weighted by atomic mass is 16.5. The second-order valence-corrected chi connectivity index (χ2v) is 2.38. The Labute approximate surface area is 70.4 Å². The number of pyridine rings is 1. The summed E-state index contributed by atoms with van der Waals surface area (Å²) in [5, 5.41) is 0. The monoisotopic (exact) mass is 166 g/mol. The maximum absolute atomic E-state index is 10.9. The lowest BCUT2D eigenvalue weighted by molar-refractivity contribution is -0.135. The van der Waals surface area contributed by atoms with Crippen LogP contribution in [0.4, 0.5) is 0 Å². The number of hydrogen-bond acceptors (Lipinski definition) is 4. The SMILES string of the molecule is C[C@@H](N)C(=O)Oc1ccccn1. The molecule has 4 nitrogen and oxygen atoms in total. The van der Waals surface area contributed by atoms with Crippen LogP contribution in [0.2, 0.25) is 0 Å². The van der Waals surface area contributed by atoms with E-state index in [2.05, 4.69) is 4.98 Å². The minimum Gasteiger partial charge on any atom is -0.406 e. The average Bonchev–Trinajstić information content (AvgIpc) is 2.06. The van der Waals surface area contributed by atoms with Gasteiger partial charge in [-0.15, -0.1) is 0 Å². The Hall–Kier alpha value is -1.42. The Balaban J connectivity index is 2.59. The van der Waals surface area contributed by atoms with Crippen LogP contribution in [0.3, 0.4) is 0 Å². The molecule has 4 heteroatoms. The van der Waals surface area contributed by atoms with Gasteiger partial charge in [-0.1, -0.05) is 6.07 Å². The molecule has 0 aliphatic rings. The van der Waals surface area contributed by atoms with Gasteiger partial charge in [0.2, 0.25) is 5.88 Å². The first kappa shape index (κ1) is 8.67. The van der Waals surface area contributed by atoms with Crippen LogP contribution in [0.25, 0.3) is 0 Å². The summed E-state index contributed by atoms with van der Waals surface area (Å²) in [7, 11) is 0. The summed E-state index contributed by atoms with van der Waals surface area (Å²) >= 11 is 0. The van der Waals surface area contributed by atoms with Crippen molar-refractivity contribution < 1.29 is 9.53 Å². The average molecular weight is 166 g/mol. The lowest BCUT2D eigenvalue weighted by Crippen LogP contribution is -2.31. The van der Waals surface area contributed by atoms with E-state index in [-0.39, 0.29) is 5.88 Å². The third-order valence-electron chi connectivity index (χ3n) is 1.21. The van der Waals surface area contributed by atoms with E-state index in [9.17, 15) is 4.79 Å². The molecule has 0 aromatic carbocycles. The van der Waals surface area contributed by atoms with Gasteiger partial charge in [0, 0.05) is 12.3 Å². The summed E-state index contributed by atoms with van der Waals surface area (Å²) < 4.78 is 4.80. The molecule has 0 radical (unpaired) electrons. The maximum Gasteiger partial charge on any atom is 0.329 e. The van der Waals surface area contributed by atoms with Gasteiger partial charge in [0.25, 0.3) is 0 Å². The highest BCUT2D eigenvalue weighted by molar-refractivity contribution is 5.77. The van der Waals surface area contributed by atoms with E-state index < -0.39 is 12.0 Å². The van der Waals surface area contributed by atoms with Gasteiger partial charge >= 0.3 is 5.97 Å². The van der Waals surface area contributed by atoms with Crippen molar-refractivity contribution >= 4 is 5.97 Å². The number of carbonyl (C=O) groups is 1. The molecule has 1 aromatic heterocycles. The zero-order chi connectivity index (χ0) is 8.97. The molecule has 0 aliphatic heterocycles. The molecule has 0 spiro atoms. The second-order valence-electron chi connectivity index (χ2n) is 2.38. The molecule has 64 valence electrons. The molecule has 1 aromatic rings. The molecule has 0 bridgehead atoms. The number of rotatable bonds is 2. The standard InChI is InChI=1S/C8H10N2O2/c1-6(9)8(11)12-7-4-2-3-5-10-7/h2-6H,9H2,1H3/t6-/m1/s1. The zero-order valence-electron chi connectivity index (χ0n) is 6.73. The molecule has 1 heterocycles. The lowest BCUT2D eigenvalue weighted by Gasteiger charge is -2.04. The third kappa shape index (κ3) is 2.32. The normalized spacial score (nSPS) is 12.2. The van der Waals surface area contributed by atoms with Gasteiger partial charge in [-0.25, -0.2) is 9.78 Å². The predicted molar refractivity (Wildman–Crippen MR) is 43.5 cm³/mol. The van der Waals surface area contributed by atoms with Gasteiger partial charge < -0.3 is 10.5 Å². The van der Waals surface area contributed by atoms with Crippen LogP contribution in [0.5, 0.6) is 5.88 Å². The first-order valence-electron chi connectivity index (χ1n) is 3.58. The molecule has 0 unspecified atom stereocenters. The Morgan fingerprint density at radius 1 is 1.67 bits per heavy atom. The number of ether oxygens (including phenoxy) is 1. The summed E-state index contributed by atoms with van der Waals surface area (Å²) in [6, 6.07) is 4.45. The molecule has 1 rings (SSSR count). The highest BCUT2D eigenvalue weighted by Crippen LogP contribution is 2.03. The van der Waals surface area contributed by atoms with E-state index in [1.54, 1.807) is 31.3 Å². The zero-order valence-corrected chi connectivity index (χ0v) is 6.73. The van der Waals surface area contributed by atoms with Crippen molar-refractivity contribution in [3.63, 3.8) is 0 Å². The van der Waals surface area contributed by atoms with Crippen LogP contribution in [-0.2, 0) is 4.79 Å². The molecule has 2 N–H and O–H groups in total. The number of nitrogens with two attached hydrogens (primary N) is 1. The van der Waals surface area contributed by atoms with Crippen LogP contribution < -0.4 is 10.5 Å². The smallest absolute Gasteiger partial charge is 0.329 e. The summed E-state index contributed by atoms with van der Waals surface area (Å²) in [5.41, 5.74) is 5.28. The van der Waals surface area contributed by atoms with Crippen molar-refractivity contribution in [1.29, 1.82) is 0 Å². The predicted octanol–water partition coefficient (Wildman–Crippen LogP) is 0.334. The van der Waals surface area contributed by atoms with Crippen LogP contribution in [-0.4, -0.2) is 17.0 Å². The summed E-state index contributed by atoms with van der Waals surface area (Å²) in [6.45, 7) is 1.56. The molecule has 0 amide bonds. The van der Waals surface area contributed by atoms with Gasteiger partial charge in [-0.2, -0.15) is 0 Å². The molecular formula is C8H10N2O2. The van der Waals surface area contributed by atoms with E-state index in [1.807, 2.05) is 0 Å². The maximum atomic E-state index is 10.9. The Kier molecular flexibility index (Phi) is 2.76. The van der Waals surface area contributed by atoms with Gasteiger partial charge in [0.05, 0.1) is 0 Å². The highest BCUT2D eigenvalue weighted by Gasteiger charge is 2.09. The van der Waals surface area contributed by atoms with E-state index in [0.29, 0.717) is 0 Å². The minimum absolute atomic E-state index is 0.278. The Morgan fingerprint density at radius 2 is 2.42 bits per heavy atom. The summed E-state index contributed by atoms with van der Waals surface area (Å²) in [4.78, 5) is 14.7. The fourth-order valence-electron chi connectivity index (χ4n) is 0.603. The Morgan fingerprint density at radius 3 is 2.92 bits per heavy atom. The largest absolute Gasteiger partial charge is 0.406 e. The lowest BCUT2D eigenvalue weighted by atomic mass is 10.4. The first-order valence-corrected chi connectivity index (χ1v) is 3.58. The molecule has 0 saturated carbocycles. The molecular weight excluding hydrogens is 156 g/mol. The number of esters is 1. The van der Waals surface area contributed by atoms with Crippen LogP contribution in [0.15, 0.2) is 24.4 Å². The number of nitrogens with zero attached hydrogens (tertiary/aromatic N) is 1. The van der Waals surface area contributed by atoms with E-state index >= 15 is 0 Å². The first-order chi connectivity index (χ1) is 5.70. The fraction of sp³-hybridized carbons (Fsp3) is 0.250. The van der Waals surface area contributed by atoms with Crippen molar-refractivity contribution in [3.8, 4) is 5.88 Å². The van der Waals surface area contributed by atoms with Gasteiger partial charge in [0.15, 0.2) is 0 Å². The van der Waals surface area contributed by atoms with Gasteiger partial charge in [-0.3, -0.25) is 0 Å². The Bertz CT molecular complexity index is 259. The molecule has 0 saturated heterocycles.